The summed E-state index contributed by atoms with van der Waals surface area (Å²) < 4.78 is 5.43. The van der Waals surface area contributed by atoms with Crippen LogP contribution in [0.5, 0.6) is 5.88 Å². The highest BCUT2D eigenvalue weighted by Gasteiger charge is 2.10. The average Bonchev–Trinajstić information content (AvgIpc) is 2.92. The maximum atomic E-state index is 11.8. The number of H-pyrrole nitrogens is 1. The molecule has 0 aromatic carbocycles. The minimum absolute atomic E-state index is 0.170. The molecular weight excluding hydrogens is 248 g/mol. The van der Waals surface area contributed by atoms with Crippen molar-refractivity contribution in [3.63, 3.8) is 0 Å². The molecule has 0 aliphatic carbocycles. The van der Waals surface area contributed by atoms with E-state index in [4.69, 9.17) is 4.74 Å². The van der Waals surface area contributed by atoms with E-state index in [1.165, 1.54) is 0 Å². The van der Waals surface area contributed by atoms with Gasteiger partial charge in [0.15, 0.2) is 0 Å². The number of amides is 1. The number of carbonyl (C=O) groups is 1. The van der Waals surface area contributed by atoms with E-state index in [0.29, 0.717) is 12.5 Å². The van der Waals surface area contributed by atoms with Gasteiger partial charge in [0.05, 0.1) is 6.61 Å². The molecule has 0 unspecified atom stereocenters. The van der Waals surface area contributed by atoms with Gasteiger partial charge in [-0.15, -0.1) is 0 Å². The first-order valence-electron chi connectivity index (χ1n) is 5.94. The maximum Gasteiger partial charge on any atom is 0.276 e. The van der Waals surface area contributed by atoms with Gasteiger partial charge in [-0.25, -0.2) is 10.1 Å². The van der Waals surface area contributed by atoms with Crippen LogP contribution < -0.4 is 10.1 Å². The van der Waals surface area contributed by atoms with E-state index in [9.17, 15) is 4.79 Å². The molecule has 2 rings (SSSR count). The van der Waals surface area contributed by atoms with Crippen LogP contribution in [-0.2, 0) is 0 Å². The highest BCUT2D eigenvalue weighted by atomic mass is 16.5. The van der Waals surface area contributed by atoms with Crippen LogP contribution in [0.25, 0.3) is 0 Å². The van der Waals surface area contributed by atoms with Crippen molar-refractivity contribution < 1.29 is 9.53 Å². The van der Waals surface area contributed by atoms with Crippen molar-refractivity contribution in [2.75, 3.05) is 11.9 Å². The van der Waals surface area contributed by atoms with Crippen molar-refractivity contribution >= 4 is 11.9 Å². The molecule has 0 atom stereocenters. The zero-order chi connectivity index (χ0) is 13.5. The predicted molar refractivity (Wildman–Crippen MR) is 66.8 cm³/mol. The number of ether oxygens (including phenoxy) is 1. The molecule has 2 N–H and O–H groups in total. The number of unbranched alkanes of at least 4 members (excludes halogenated alkanes) is 1. The number of tetrazole rings is 1. The monoisotopic (exact) mass is 262 g/mol. The number of anilines is 1. The Balaban J connectivity index is 1.99. The summed E-state index contributed by atoms with van der Waals surface area (Å²) in [6, 6.07) is 5.01. The van der Waals surface area contributed by atoms with Gasteiger partial charge in [0, 0.05) is 6.07 Å². The van der Waals surface area contributed by atoms with Gasteiger partial charge >= 0.3 is 0 Å². The summed E-state index contributed by atoms with van der Waals surface area (Å²) in [4.78, 5) is 16.0. The average molecular weight is 262 g/mol. The molecule has 8 heteroatoms. The Bertz CT molecular complexity index is 528. The molecule has 0 saturated carbocycles. The molecule has 0 aliphatic rings. The lowest BCUT2D eigenvalue weighted by molar-refractivity contribution is 0.102. The van der Waals surface area contributed by atoms with Crippen LogP contribution in [0.15, 0.2) is 18.2 Å². The number of aromatic amines is 1. The van der Waals surface area contributed by atoms with E-state index in [1.54, 1.807) is 18.2 Å². The number of rotatable bonds is 6. The highest BCUT2D eigenvalue weighted by molar-refractivity contribution is 6.01. The van der Waals surface area contributed by atoms with Gasteiger partial charge in [-0.2, -0.15) is 0 Å². The molecule has 0 aliphatic heterocycles. The zero-order valence-electron chi connectivity index (χ0n) is 10.5. The Morgan fingerprint density at radius 1 is 1.47 bits per heavy atom. The van der Waals surface area contributed by atoms with E-state index in [1.807, 2.05) is 0 Å². The molecule has 0 fully saturated rings. The van der Waals surface area contributed by atoms with E-state index in [-0.39, 0.29) is 11.6 Å². The van der Waals surface area contributed by atoms with Crippen LogP contribution in [0.2, 0.25) is 0 Å². The number of nitrogens with one attached hydrogen (secondary N) is 2. The molecule has 0 bridgehead atoms. The summed E-state index contributed by atoms with van der Waals surface area (Å²) in [5.41, 5.74) is 0.241. The Morgan fingerprint density at radius 2 is 2.37 bits per heavy atom. The quantitative estimate of drug-likeness (QED) is 0.753. The van der Waals surface area contributed by atoms with Crippen LogP contribution in [0.4, 0.5) is 5.95 Å². The normalized spacial score (nSPS) is 10.2. The molecule has 0 saturated heterocycles. The van der Waals surface area contributed by atoms with Gasteiger partial charge in [0.1, 0.15) is 5.69 Å². The summed E-state index contributed by atoms with van der Waals surface area (Å²) in [7, 11) is 0. The van der Waals surface area contributed by atoms with Crippen molar-refractivity contribution in [3.05, 3.63) is 23.9 Å². The third-order valence-corrected chi connectivity index (χ3v) is 2.28. The first-order chi connectivity index (χ1) is 9.29. The lowest BCUT2D eigenvalue weighted by Crippen LogP contribution is -2.15. The van der Waals surface area contributed by atoms with Crippen molar-refractivity contribution in [1.29, 1.82) is 0 Å². The van der Waals surface area contributed by atoms with Gasteiger partial charge in [-0.05, 0) is 22.9 Å². The number of pyridine rings is 1. The zero-order valence-corrected chi connectivity index (χ0v) is 10.5. The third-order valence-electron chi connectivity index (χ3n) is 2.28. The SMILES string of the molecule is CCCCOc1cccc(C(=O)Nc2nnn[nH]2)n1. The molecule has 0 radical (unpaired) electrons. The molecule has 2 aromatic heterocycles. The first kappa shape index (κ1) is 12.9. The predicted octanol–water partition coefficient (Wildman–Crippen LogP) is 1.03. The molecule has 2 aromatic rings. The van der Waals surface area contributed by atoms with Gasteiger partial charge in [-0.1, -0.05) is 24.5 Å². The second kappa shape index (κ2) is 6.43. The topological polar surface area (TPSA) is 106 Å². The third kappa shape index (κ3) is 3.73. The van der Waals surface area contributed by atoms with E-state index >= 15 is 0 Å². The van der Waals surface area contributed by atoms with Crippen LogP contribution in [0, 0.1) is 0 Å². The summed E-state index contributed by atoms with van der Waals surface area (Å²) in [5.74, 6) is 0.195. The fraction of sp³-hybridized carbons (Fsp3) is 0.364. The molecule has 0 spiro atoms. The Labute approximate surface area is 109 Å². The van der Waals surface area contributed by atoms with Crippen molar-refractivity contribution in [2.45, 2.75) is 19.8 Å². The minimum atomic E-state index is -0.403. The second-order valence-corrected chi connectivity index (χ2v) is 3.77. The molecule has 19 heavy (non-hydrogen) atoms. The second-order valence-electron chi connectivity index (χ2n) is 3.77. The standard InChI is InChI=1S/C11H14N6O2/c1-2-3-7-19-9-6-4-5-8(12-9)10(18)13-11-14-16-17-15-11/h4-6H,2-3,7H2,1H3,(H2,13,14,15,16,17,18). The maximum absolute atomic E-state index is 11.8. The number of carbonyl (C=O) groups excluding carboxylic acids is 1. The highest BCUT2D eigenvalue weighted by Crippen LogP contribution is 2.09. The Hall–Kier alpha value is -2.51. The van der Waals surface area contributed by atoms with Crippen LogP contribution in [-0.4, -0.2) is 38.1 Å². The Kier molecular flexibility index (Phi) is 4.38. The summed E-state index contributed by atoms with van der Waals surface area (Å²) in [6.07, 6.45) is 1.99. The van der Waals surface area contributed by atoms with E-state index in [0.717, 1.165) is 12.8 Å². The van der Waals surface area contributed by atoms with Crippen LogP contribution in [0.1, 0.15) is 30.3 Å². The fourth-order valence-electron chi connectivity index (χ4n) is 1.33. The van der Waals surface area contributed by atoms with Crippen molar-refractivity contribution in [3.8, 4) is 5.88 Å². The molecular formula is C11H14N6O2. The number of hydrogen-bond donors (Lipinski definition) is 2. The summed E-state index contributed by atoms with van der Waals surface area (Å²) in [6.45, 7) is 2.66. The minimum Gasteiger partial charge on any atom is -0.478 e. The molecule has 8 nitrogen and oxygen atoms in total. The fourth-order valence-corrected chi connectivity index (χ4v) is 1.33. The van der Waals surface area contributed by atoms with Gasteiger partial charge in [-0.3, -0.25) is 10.1 Å². The number of aromatic nitrogens is 5. The summed E-state index contributed by atoms with van der Waals surface area (Å²) in [5, 5.41) is 15.2. The largest absolute Gasteiger partial charge is 0.478 e. The van der Waals surface area contributed by atoms with Crippen LogP contribution in [0.3, 0.4) is 0 Å². The van der Waals surface area contributed by atoms with E-state index in [2.05, 4.69) is 37.8 Å². The molecule has 1 amide bonds. The number of hydrogen-bond acceptors (Lipinski definition) is 6. The lowest BCUT2D eigenvalue weighted by Gasteiger charge is -2.05. The number of nitrogens with zero attached hydrogens (tertiary/aromatic N) is 4. The van der Waals surface area contributed by atoms with Crippen LogP contribution >= 0.6 is 0 Å². The lowest BCUT2D eigenvalue weighted by atomic mass is 10.3. The Morgan fingerprint density at radius 3 is 3.11 bits per heavy atom. The van der Waals surface area contributed by atoms with Crippen molar-refractivity contribution in [1.82, 2.24) is 25.6 Å². The van der Waals surface area contributed by atoms with Gasteiger partial charge in [0.25, 0.3) is 5.91 Å². The molecule has 100 valence electrons. The summed E-state index contributed by atoms with van der Waals surface area (Å²) >= 11 is 0. The van der Waals surface area contributed by atoms with Gasteiger partial charge < -0.3 is 4.74 Å². The first-order valence-corrected chi connectivity index (χ1v) is 5.94. The molecule has 2 heterocycles. The van der Waals surface area contributed by atoms with Crippen molar-refractivity contribution in [2.24, 2.45) is 0 Å². The smallest absolute Gasteiger partial charge is 0.276 e. The van der Waals surface area contributed by atoms with E-state index < -0.39 is 5.91 Å². The van der Waals surface area contributed by atoms with Gasteiger partial charge in [0.2, 0.25) is 11.8 Å².